The second-order valence-corrected chi connectivity index (χ2v) is 2.63. The number of nitrogens with zero attached hydrogens (tertiary/aromatic N) is 1. The molecular weight excluding hydrogens is 168 g/mol. The van der Waals surface area contributed by atoms with Gasteiger partial charge in [0.15, 0.2) is 11.7 Å². The molecule has 64 valence electrons. The molecular formula is C9H6N2O2. The molecule has 0 radical (unpaired) electrons. The summed E-state index contributed by atoms with van der Waals surface area (Å²) < 4.78 is 0. The van der Waals surface area contributed by atoms with E-state index in [1.165, 1.54) is 12.3 Å². The molecule has 2 aromatic heterocycles. The molecule has 0 aromatic carbocycles. The van der Waals surface area contributed by atoms with Gasteiger partial charge in [0.25, 0.3) is 0 Å². The Morgan fingerprint density at radius 1 is 1.46 bits per heavy atom. The van der Waals surface area contributed by atoms with Crippen molar-refractivity contribution in [2.75, 3.05) is 0 Å². The van der Waals surface area contributed by atoms with Crippen LogP contribution in [0.5, 0.6) is 0 Å². The number of hydrogen-bond acceptors (Lipinski definition) is 3. The predicted molar refractivity (Wildman–Crippen MR) is 47.8 cm³/mol. The van der Waals surface area contributed by atoms with E-state index in [2.05, 4.69) is 9.97 Å². The van der Waals surface area contributed by atoms with Crippen LogP contribution in [0.4, 0.5) is 0 Å². The Morgan fingerprint density at radius 2 is 2.31 bits per heavy atom. The smallest absolute Gasteiger partial charge is 0.191 e. The molecule has 13 heavy (non-hydrogen) atoms. The first-order chi connectivity index (χ1) is 6.31. The Hall–Kier alpha value is -1.97. The first-order valence-electron chi connectivity index (χ1n) is 3.73. The summed E-state index contributed by atoms with van der Waals surface area (Å²) in [5.41, 5.74) is 0.720. The van der Waals surface area contributed by atoms with Crippen LogP contribution in [-0.4, -0.2) is 16.3 Å². The van der Waals surface area contributed by atoms with Crippen molar-refractivity contribution in [3.63, 3.8) is 0 Å². The van der Waals surface area contributed by atoms with Crippen LogP contribution in [-0.2, 0) is 0 Å². The number of aromatic amines is 1. The number of aldehydes is 1. The first kappa shape index (κ1) is 7.67. The van der Waals surface area contributed by atoms with Gasteiger partial charge in [-0.1, -0.05) is 0 Å². The molecule has 0 fully saturated rings. The number of fused-ring (bicyclic) bond motifs is 1. The van der Waals surface area contributed by atoms with E-state index < -0.39 is 0 Å². The maximum absolute atomic E-state index is 11.3. The average molecular weight is 174 g/mol. The molecule has 0 aliphatic carbocycles. The average Bonchev–Trinajstić information content (AvgIpc) is 2.18. The Kier molecular flexibility index (Phi) is 1.66. The summed E-state index contributed by atoms with van der Waals surface area (Å²) in [7, 11) is 0. The van der Waals surface area contributed by atoms with Gasteiger partial charge < -0.3 is 4.98 Å². The van der Waals surface area contributed by atoms with Crippen LogP contribution in [0.3, 0.4) is 0 Å². The van der Waals surface area contributed by atoms with Gasteiger partial charge in [0.2, 0.25) is 0 Å². The molecule has 0 atom stereocenters. The lowest BCUT2D eigenvalue weighted by atomic mass is 10.2. The maximum Gasteiger partial charge on any atom is 0.191 e. The molecule has 1 N–H and O–H groups in total. The maximum atomic E-state index is 11.3. The fourth-order valence-corrected chi connectivity index (χ4v) is 1.17. The quantitative estimate of drug-likeness (QED) is 0.648. The molecule has 2 aromatic rings. The summed E-state index contributed by atoms with van der Waals surface area (Å²) in [4.78, 5) is 28.4. The van der Waals surface area contributed by atoms with Gasteiger partial charge >= 0.3 is 0 Å². The van der Waals surface area contributed by atoms with Gasteiger partial charge in [0.05, 0.1) is 16.6 Å². The van der Waals surface area contributed by atoms with E-state index in [1.54, 1.807) is 12.3 Å². The minimum atomic E-state index is -0.191. The predicted octanol–water partition coefficient (Wildman–Crippen LogP) is 0.736. The van der Waals surface area contributed by atoms with Crippen molar-refractivity contribution in [2.24, 2.45) is 0 Å². The SMILES string of the molecule is O=Cc1cc(=O)c2cnccc2[nH]1. The lowest BCUT2D eigenvalue weighted by molar-refractivity contribution is 0.111. The monoisotopic (exact) mass is 174 g/mol. The minimum absolute atomic E-state index is 0.191. The third kappa shape index (κ3) is 1.22. The second-order valence-electron chi connectivity index (χ2n) is 2.63. The van der Waals surface area contributed by atoms with Crippen molar-refractivity contribution in [3.8, 4) is 0 Å². The molecule has 4 nitrogen and oxygen atoms in total. The fourth-order valence-electron chi connectivity index (χ4n) is 1.17. The lowest BCUT2D eigenvalue weighted by Crippen LogP contribution is -2.04. The van der Waals surface area contributed by atoms with Gasteiger partial charge in [0, 0.05) is 18.5 Å². The van der Waals surface area contributed by atoms with Crippen LogP contribution in [0.1, 0.15) is 10.5 Å². The van der Waals surface area contributed by atoms with Crippen LogP contribution in [0.15, 0.2) is 29.3 Å². The topological polar surface area (TPSA) is 62.8 Å². The largest absolute Gasteiger partial charge is 0.352 e. The second kappa shape index (κ2) is 2.82. The summed E-state index contributed by atoms with van der Waals surface area (Å²) in [5.74, 6) is 0. The highest BCUT2D eigenvalue weighted by molar-refractivity contribution is 5.82. The van der Waals surface area contributed by atoms with Gasteiger partial charge in [-0.25, -0.2) is 0 Å². The number of nitrogens with one attached hydrogen (secondary N) is 1. The zero-order chi connectivity index (χ0) is 9.26. The van der Waals surface area contributed by atoms with Crippen molar-refractivity contribution in [1.29, 1.82) is 0 Å². The molecule has 2 heterocycles. The zero-order valence-corrected chi connectivity index (χ0v) is 6.65. The Balaban J connectivity index is 2.92. The highest BCUT2D eigenvalue weighted by Gasteiger charge is 1.99. The van der Waals surface area contributed by atoms with Gasteiger partial charge in [-0.2, -0.15) is 0 Å². The van der Waals surface area contributed by atoms with Crippen LogP contribution in [0, 0.1) is 0 Å². The van der Waals surface area contributed by atoms with Crippen LogP contribution in [0.2, 0.25) is 0 Å². The molecule has 0 saturated heterocycles. The molecule has 0 unspecified atom stereocenters. The molecule has 2 rings (SSSR count). The van der Waals surface area contributed by atoms with E-state index in [4.69, 9.17) is 0 Å². The molecule has 0 aliphatic rings. The highest BCUT2D eigenvalue weighted by Crippen LogP contribution is 2.03. The molecule has 4 heteroatoms. The summed E-state index contributed by atoms with van der Waals surface area (Å²) in [6, 6.07) is 2.92. The van der Waals surface area contributed by atoms with E-state index in [1.807, 2.05) is 0 Å². The Morgan fingerprint density at radius 3 is 3.08 bits per heavy atom. The highest BCUT2D eigenvalue weighted by atomic mass is 16.1. The number of carbonyl (C=O) groups is 1. The fraction of sp³-hybridized carbons (Fsp3) is 0. The molecule has 0 saturated carbocycles. The van der Waals surface area contributed by atoms with E-state index >= 15 is 0 Å². The summed E-state index contributed by atoms with van der Waals surface area (Å²) in [5, 5.41) is 0.494. The lowest BCUT2D eigenvalue weighted by Gasteiger charge is -1.96. The van der Waals surface area contributed by atoms with E-state index in [9.17, 15) is 9.59 Å². The van der Waals surface area contributed by atoms with Gasteiger partial charge in [-0.15, -0.1) is 0 Å². The number of carbonyl (C=O) groups excluding carboxylic acids is 1. The van der Waals surface area contributed by atoms with Gasteiger partial charge in [-0.3, -0.25) is 14.6 Å². The Bertz CT molecular complexity index is 516. The molecule has 0 spiro atoms. The van der Waals surface area contributed by atoms with Crippen molar-refractivity contribution in [1.82, 2.24) is 9.97 Å². The van der Waals surface area contributed by atoms with Crippen LogP contribution < -0.4 is 5.43 Å². The van der Waals surface area contributed by atoms with E-state index in [-0.39, 0.29) is 11.1 Å². The zero-order valence-electron chi connectivity index (χ0n) is 6.65. The van der Waals surface area contributed by atoms with Gasteiger partial charge in [-0.05, 0) is 6.07 Å². The number of aromatic nitrogens is 2. The Labute approximate surface area is 73.2 Å². The van der Waals surface area contributed by atoms with Crippen molar-refractivity contribution in [2.45, 2.75) is 0 Å². The van der Waals surface area contributed by atoms with Crippen LogP contribution in [0.25, 0.3) is 10.9 Å². The van der Waals surface area contributed by atoms with E-state index in [0.717, 1.165) is 0 Å². The number of rotatable bonds is 1. The number of H-pyrrole nitrogens is 1. The molecule has 0 amide bonds. The third-order valence-corrected chi connectivity index (χ3v) is 1.78. The standard InChI is InChI=1S/C9H6N2O2/c12-5-6-3-9(13)7-4-10-2-1-8(7)11-6/h1-5H,(H,11,13). The van der Waals surface area contributed by atoms with E-state index in [0.29, 0.717) is 17.2 Å². The van der Waals surface area contributed by atoms with Crippen molar-refractivity contribution in [3.05, 3.63) is 40.4 Å². The third-order valence-electron chi connectivity index (χ3n) is 1.78. The number of hydrogen-bond donors (Lipinski definition) is 1. The molecule has 0 bridgehead atoms. The first-order valence-corrected chi connectivity index (χ1v) is 3.73. The normalized spacial score (nSPS) is 10.2. The minimum Gasteiger partial charge on any atom is -0.352 e. The number of pyridine rings is 2. The van der Waals surface area contributed by atoms with Gasteiger partial charge in [0.1, 0.15) is 0 Å². The molecule has 0 aliphatic heterocycles. The summed E-state index contributed by atoms with van der Waals surface area (Å²) in [6.07, 6.45) is 3.65. The van der Waals surface area contributed by atoms with Crippen molar-refractivity contribution >= 4 is 17.2 Å². The summed E-state index contributed by atoms with van der Waals surface area (Å²) >= 11 is 0. The van der Waals surface area contributed by atoms with Crippen LogP contribution >= 0.6 is 0 Å². The van der Waals surface area contributed by atoms with Crippen molar-refractivity contribution < 1.29 is 4.79 Å². The summed E-state index contributed by atoms with van der Waals surface area (Å²) in [6.45, 7) is 0.